The quantitative estimate of drug-likeness (QED) is 0.120. The van der Waals surface area contributed by atoms with E-state index in [1.165, 1.54) is 6.20 Å². The molecule has 0 saturated carbocycles. The van der Waals surface area contributed by atoms with E-state index in [9.17, 15) is 28.8 Å². The van der Waals surface area contributed by atoms with Gasteiger partial charge in [0.25, 0.3) is 0 Å². The number of carboxylic acids is 3. The molecule has 17 heteroatoms. The van der Waals surface area contributed by atoms with Gasteiger partial charge in [-0.25, -0.2) is 29.3 Å². The van der Waals surface area contributed by atoms with E-state index in [0.717, 1.165) is 54.5 Å². The van der Waals surface area contributed by atoms with Crippen LogP contribution in [0.25, 0.3) is 0 Å². The monoisotopic (exact) mass is 943 g/mol. The maximum Gasteiger partial charge on any atom is 0.335 e. The number of nitrogens with one attached hydrogen (secondary N) is 3. The van der Waals surface area contributed by atoms with Gasteiger partial charge in [-0.05, 0) is 142 Å². The number of fused-ring (bicyclic) bond motifs is 9. The number of aromatic carboxylic acids is 3. The van der Waals surface area contributed by atoms with Crippen LogP contribution in [0.2, 0.25) is 0 Å². The number of anilines is 3. The van der Waals surface area contributed by atoms with Crippen LogP contribution in [0.1, 0.15) is 86.7 Å². The molecule has 3 aromatic heterocycles. The third-order valence-electron chi connectivity index (χ3n) is 13.5. The second-order valence-electron chi connectivity index (χ2n) is 17.2. The van der Waals surface area contributed by atoms with Crippen molar-refractivity contribution in [2.45, 2.75) is 54.8 Å². The lowest BCUT2D eigenvalue weighted by Crippen LogP contribution is -2.35. The third-order valence-corrected chi connectivity index (χ3v) is 14.0. The van der Waals surface area contributed by atoms with Crippen molar-refractivity contribution in [3.8, 4) is 6.07 Å². The summed E-state index contributed by atoms with van der Waals surface area (Å²) in [5, 5.41) is 44.9. The number of hydrogen-bond acceptors (Lipinski definition) is 10. The first-order chi connectivity index (χ1) is 31.6. The molecular weight excluding hydrogens is 910 g/mol. The van der Waals surface area contributed by atoms with Crippen LogP contribution >= 0.6 is 15.9 Å². The van der Waals surface area contributed by atoms with E-state index in [-0.39, 0.29) is 34.4 Å². The Morgan fingerprint density at radius 2 is 0.924 bits per heavy atom. The molecule has 0 radical (unpaired) electrons. The van der Waals surface area contributed by atoms with Crippen molar-refractivity contribution in [2.24, 2.45) is 0 Å². The lowest BCUT2D eigenvalue weighted by atomic mass is 9.79. The number of halogens is 1. The number of carbonyl (C=O) groups is 6. The predicted octanol–water partition coefficient (Wildman–Crippen LogP) is 5.94. The highest BCUT2D eigenvalue weighted by molar-refractivity contribution is 9.10. The minimum absolute atomic E-state index is 0.0516. The molecule has 6 aliphatic rings. The standard InChI is InChI=1S/C17H11N3O3.C16H11BrN2O3.C16H12N2O3/c18-7-9-3-13-14(19-8-9)20-16(23)17(13)5-11-2-1-10(15(21)22)4-12(11)6-17;17-11-4-12-13(18-7-11)19-15(22)16(12)5-9-2-1-8(14(20)21)3-10(9)6-16;19-14(20)9-3-4-10-7-16(8-11(10)6-9)12-2-1-5-17-13(12)18-15(16)21/h1-4,8H,5-6H2,(H,21,22)(H,19,20,23);1-4,7H,5-6H2,(H,20,21)(H,18,19,22);1-6H,7-8H2,(H,19,20)(H,17,18,21)/t17-;2*16-/m111/s1. The molecule has 0 unspecified atom stereocenters. The summed E-state index contributed by atoms with van der Waals surface area (Å²) < 4.78 is 0.823. The molecule has 6 aromatic rings. The number of carbonyl (C=O) groups excluding carboxylic acids is 3. The van der Waals surface area contributed by atoms with Gasteiger partial charge in [-0.3, -0.25) is 14.4 Å². The lowest BCUT2D eigenvalue weighted by molar-refractivity contribution is -0.121. The Morgan fingerprint density at radius 3 is 1.36 bits per heavy atom. The maximum absolute atomic E-state index is 12.6. The number of hydrogen-bond donors (Lipinski definition) is 6. The van der Waals surface area contributed by atoms with Gasteiger partial charge in [-0.1, -0.05) is 24.3 Å². The molecule has 66 heavy (non-hydrogen) atoms. The predicted molar refractivity (Wildman–Crippen MR) is 238 cm³/mol. The first-order valence-electron chi connectivity index (χ1n) is 20.6. The Bertz CT molecular complexity index is 3260. The van der Waals surface area contributed by atoms with Gasteiger partial charge in [0.05, 0.1) is 38.5 Å². The van der Waals surface area contributed by atoms with Crippen molar-refractivity contribution in [1.82, 2.24) is 15.0 Å². The average molecular weight is 945 g/mol. The van der Waals surface area contributed by atoms with Crippen LogP contribution in [0.15, 0.2) is 102 Å². The zero-order valence-electron chi connectivity index (χ0n) is 34.4. The number of benzene rings is 3. The highest BCUT2D eigenvalue weighted by Crippen LogP contribution is 2.49. The minimum atomic E-state index is -0.988. The van der Waals surface area contributed by atoms with Crippen LogP contribution in [-0.2, 0) is 69.2 Å². The molecule has 3 aliphatic heterocycles. The van der Waals surface area contributed by atoms with Crippen molar-refractivity contribution in [3.63, 3.8) is 0 Å². The van der Waals surface area contributed by atoms with Gasteiger partial charge in [0.15, 0.2) is 0 Å². The number of nitriles is 1. The van der Waals surface area contributed by atoms with Gasteiger partial charge in [-0.2, -0.15) is 5.26 Å². The number of carboxylic acid groups (broad SMARTS) is 3. The van der Waals surface area contributed by atoms with Gasteiger partial charge < -0.3 is 31.3 Å². The van der Waals surface area contributed by atoms with E-state index < -0.39 is 34.2 Å². The molecule has 3 aliphatic carbocycles. The Balaban J connectivity index is 0.000000116. The fourth-order valence-corrected chi connectivity index (χ4v) is 10.6. The zero-order chi connectivity index (χ0) is 46.3. The number of amides is 3. The summed E-state index contributed by atoms with van der Waals surface area (Å²) in [6.45, 7) is 0. The minimum Gasteiger partial charge on any atom is -0.478 e. The van der Waals surface area contributed by atoms with E-state index in [1.807, 2.05) is 36.4 Å². The van der Waals surface area contributed by atoms with E-state index in [0.29, 0.717) is 61.5 Å². The fourth-order valence-electron chi connectivity index (χ4n) is 10.3. The maximum atomic E-state index is 12.6. The Kier molecular flexibility index (Phi) is 9.69. The van der Waals surface area contributed by atoms with Crippen LogP contribution in [-0.4, -0.2) is 65.9 Å². The normalized spacial score (nSPS) is 21.4. The first-order valence-corrected chi connectivity index (χ1v) is 21.4. The van der Waals surface area contributed by atoms with Crippen molar-refractivity contribution >= 4 is 69.0 Å². The number of aromatic nitrogens is 3. The highest BCUT2D eigenvalue weighted by Gasteiger charge is 2.53. The fraction of sp³-hybridized carbons (Fsp3) is 0.184. The summed E-state index contributed by atoms with van der Waals surface area (Å²) in [5.41, 5.74) is 7.24. The smallest absolute Gasteiger partial charge is 0.335 e. The SMILES string of the molecule is N#Cc1cnc2c(c1)[C@]1(Cc3ccc(C(=O)O)cc3C1)C(=O)N2.O=C(O)c1ccc2c(c1)C[C@@]1(C2)C(=O)Nc2ncc(Br)cc21.O=C(O)c1ccc2c(c1)C[C@@]1(C2)C(=O)Nc2ncccc21. The van der Waals surface area contributed by atoms with Crippen molar-refractivity contribution in [3.05, 3.63) is 174 Å². The van der Waals surface area contributed by atoms with Gasteiger partial charge in [0.1, 0.15) is 23.5 Å². The van der Waals surface area contributed by atoms with Crippen LogP contribution in [0.4, 0.5) is 17.5 Å². The molecule has 0 bridgehead atoms. The molecule has 0 fully saturated rings. The van der Waals surface area contributed by atoms with Crippen LogP contribution in [0, 0.1) is 11.3 Å². The molecule has 3 spiro atoms. The van der Waals surface area contributed by atoms with Crippen LogP contribution in [0.3, 0.4) is 0 Å². The molecule has 0 saturated heterocycles. The summed E-state index contributed by atoms with van der Waals surface area (Å²) in [7, 11) is 0. The topological polar surface area (TPSA) is 262 Å². The average Bonchev–Trinajstić information content (AvgIpc) is 4.14. The molecule has 16 nitrogen and oxygen atoms in total. The molecule has 12 rings (SSSR count). The Hall–Kier alpha value is -8.10. The van der Waals surface area contributed by atoms with Crippen molar-refractivity contribution in [2.75, 3.05) is 16.0 Å². The van der Waals surface area contributed by atoms with Crippen molar-refractivity contribution < 1.29 is 44.1 Å². The molecule has 3 atom stereocenters. The summed E-state index contributed by atoms with van der Waals surface area (Å²) in [6.07, 6.45) is 7.82. The zero-order valence-corrected chi connectivity index (χ0v) is 36.0. The Labute approximate surface area is 382 Å². The number of pyridine rings is 3. The summed E-state index contributed by atoms with van der Waals surface area (Å²) in [4.78, 5) is 83.6. The van der Waals surface area contributed by atoms with E-state index in [4.69, 9.17) is 20.6 Å². The van der Waals surface area contributed by atoms with Gasteiger partial charge in [0, 0.05) is 39.8 Å². The molecule has 6 heterocycles. The second kappa shape index (κ2) is 15.3. The van der Waals surface area contributed by atoms with Crippen LogP contribution < -0.4 is 16.0 Å². The molecule has 6 N–H and O–H groups in total. The van der Waals surface area contributed by atoms with Crippen LogP contribution in [0.5, 0.6) is 0 Å². The Morgan fingerprint density at radius 1 is 0.530 bits per heavy atom. The van der Waals surface area contributed by atoms with E-state index >= 15 is 0 Å². The summed E-state index contributed by atoms with van der Waals surface area (Å²) in [5.74, 6) is -1.46. The molecular formula is C49H34BrN7O9. The highest BCUT2D eigenvalue weighted by atomic mass is 79.9. The molecule has 3 amide bonds. The largest absolute Gasteiger partial charge is 0.478 e. The number of nitrogens with zero attached hydrogens (tertiary/aromatic N) is 4. The summed E-state index contributed by atoms with van der Waals surface area (Å²) in [6, 6.07) is 24.5. The molecule has 3 aromatic carbocycles. The first kappa shape index (κ1) is 41.9. The van der Waals surface area contributed by atoms with Gasteiger partial charge in [-0.15, -0.1) is 0 Å². The van der Waals surface area contributed by atoms with E-state index in [2.05, 4.69) is 46.8 Å². The van der Waals surface area contributed by atoms with Crippen molar-refractivity contribution in [1.29, 1.82) is 5.26 Å². The van der Waals surface area contributed by atoms with Gasteiger partial charge >= 0.3 is 17.9 Å². The lowest BCUT2D eigenvalue weighted by Gasteiger charge is -2.20. The number of rotatable bonds is 3. The van der Waals surface area contributed by atoms with Gasteiger partial charge in [0.2, 0.25) is 17.7 Å². The molecule has 326 valence electrons. The summed E-state index contributed by atoms with van der Waals surface area (Å²) >= 11 is 3.40. The van der Waals surface area contributed by atoms with E-state index in [1.54, 1.807) is 60.9 Å². The third kappa shape index (κ3) is 6.59. The second-order valence-corrected chi connectivity index (χ2v) is 18.1.